The third-order valence-corrected chi connectivity index (χ3v) is 2.69. The van der Waals surface area contributed by atoms with Gasteiger partial charge in [-0.3, -0.25) is 4.68 Å². The molecule has 0 fully saturated rings. The van der Waals surface area contributed by atoms with Crippen LogP contribution < -0.4 is 5.32 Å². The highest BCUT2D eigenvalue weighted by Gasteiger charge is 2.13. The standard InChI is InChI=1S/C14H19N3O/c1-14(2,3)17-10-11(9-16-17)8-15-12-4-6-13(18)7-5-12/h4-7,9-10,15,18H,8H2,1-3H3. The monoisotopic (exact) mass is 245 g/mol. The fourth-order valence-corrected chi connectivity index (χ4v) is 1.60. The van der Waals surface area contributed by atoms with E-state index in [4.69, 9.17) is 0 Å². The van der Waals surface area contributed by atoms with Crippen molar-refractivity contribution in [1.82, 2.24) is 9.78 Å². The molecule has 0 amide bonds. The highest BCUT2D eigenvalue weighted by atomic mass is 16.3. The Bertz CT molecular complexity index is 509. The maximum absolute atomic E-state index is 9.19. The molecule has 4 nitrogen and oxygen atoms in total. The average Bonchev–Trinajstić information content (AvgIpc) is 2.77. The Kier molecular flexibility index (Phi) is 3.28. The largest absolute Gasteiger partial charge is 0.508 e. The van der Waals surface area contributed by atoms with Crippen molar-refractivity contribution in [2.45, 2.75) is 32.9 Å². The lowest BCUT2D eigenvalue weighted by Gasteiger charge is -2.18. The molecule has 4 heteroatoms. The van der Waals surface area contributed by atoms with Crippen LogP contribution in [-0.2, 0) is 12.1 Å². The second-order valence-electron chi connectivity index (χ2n) is 5.36. The van der Waals surface area contributed by atoms with Gasteiger partial charge in [0.05, 0.1) is 11.7 Å². The van der Waals surface area contributed by atoms with Gasteiger partial charge in [-0.05, 0) is 45.0 Å². The van der Waals surface area contributed by atoms with E-state index < -0.39 is 0 Å². The number of hydrogen-bond acceptors (Lipinski definition) is 3. The lowest BCUT2D eigenvalue weighted by atomic mass is 10.1. The van der Waals surface area contributed by atoms with Crippen molar-refractivity contribution in [3.8, 4) is 5.75 Å². The minimum atomic E-state index is 0.0107. The number of nitrogens with zero attached hydrogens (tertiary/aromatic N) is 2. The van der Waals surface area contributed by atoms with Gasteiger partial charge in [0.25, 0.3) is 0 Å². The zero-order valence-electron chi connectivity index (χ0n) is 11.0. The van der Waals surface area contributed by atoms with Gasteiger partial charge in [0.1, 0.15) is 5.75 Å². The van der Waals surface area contributed by atoms with Crippen molar-refractivity contribution in [2.24, 2.45) is 0 Å². The maximum atomic E-state index is 9.19. The Morgan fingerprint density at radius 3 is 2.44 bits per heavy atom. The summed E-state index contributed by atoms with van der Waals surface area (Å²) in [6.45, 7) is 7.09. The van der Waals surface area contributed by atoms with Crippen molar-refractivity contribution < 1.29 is 5.11 Å². The van der Waals surface area contributed by atoms with Gasteiger partial charge in [-0.15, -0.1) is 0 Å². The number of aromatic hydroxyl groups is 1. The van der Waals surface area contributed by atoms with Crippen molar-refractivity contribution in [1.29, 1.82) is 0 Å². The van der Waals surface area contributed by atoms with E-state index in [9.17, 15) is 5.11 Å². The fraction of sp³-hybridized carbons (Fsp3) is 0.357. The number of rotatable bonds is 3. The predicted molar refractivity (Wildman–Crippen MR) is 72.7 cm³/mol. The van der Waals surface area contributed by atoms with Gasteiger partial charge in [-0.25, -0.2) is 0 Å². The van der Waals surface area contributed by atoms with Gasteiger partial charge in [-0.1, -0.05) is 0 Å². The number of aromatic nitrogens is 2. The highest BCUT2D eigenvalue weighted by molar-refractivity contribution is 5.46. The Morgan fingerprint density at radius 2 is 1.89 bits per heavy atom. The molecule has 1 aromatic heterocycles. The van der Waals surface area contributed by atoms with E-state index in [-0.39, 0.29) is 11.3 Å². The second-order valence-corrected chi connectivity index (χ2v) is 5.36. The van der Waals surface area contributed by atoms with Crippen LogP contribution in [0.15, 0.2) is 36.7 Å². The van der Waals surface area contributed by atoms with Crippen LogP contribution in [0.3, 0.4) is 0 Å². The molecule has 2 rings (SSSR count). The van der Waals surface area contributed by atoms with E-state index in [1.165, 1.54) is 0 Å². The number of hydrogen-bond donors (Lipinski definition) is 2. The van der Waals surface area contributed by atoms with Crippen LogP contribution in [-0.4, -0.2) is 14.9 Å². The first-order chi connectivity index (χ1) is 8.45. The van der Waals surface area contributed by atoms with E-state index in [1.54, 1.807) is 12.1 Å². The summed E-state index contributed by atoms with van der Waals surface area (Å²) in [7, 11) is 0. The van der Waals surface area contributed by atoms with Crippen LogP contribution in [0.1, 0.15) is 26.3 Å². The Labute approximate surface area is 107 Å². The Morgan fingerprint density at radius 1 is 1.22 bits per heavy atom. The summed E-state index contributed by atoms with van der Waals surface area (Å²) in [5, 5.41) is 16.8. The zero-order valence-corrected chi connectivity index (χ0v) is 11.0. The summed E-state index contributed by atoms with van der Waals surface area (Å²) in [6, 6.07) is 7.04. The summed E-state index contributed by atoms with van der Waals surface area (Å²) in [5.41, 5.74) is 2.13. The first-order valence-electron chi connectivity index (χ1n) is 6.02. The number of nitrogens with one attached hydrogen (secondary N) is 1. The first kappa shape index (κ1) is 12.5. The van der Waals surface area contributed by atoms with E-state index in [1.807, 2.05) is 29.2 Å². The Balaban J connectivity index is 1.98. The topological polar surface area (TPSA) is 50.1 Å². The molecule has 1 heterocycles. The quantitative estimate of drug-likeness (QED) is 0.817. The lowest BCUT2D eigenvalue weighted by molar-refractivity contribution is 0.355. The molecule has 1 aromatic carbocycles. The van der Waals surface area contributed by atoms with Crippen LogP contribution in [0.4, 0.5) is 5.69 Å². The molecule has 0 bridgehead atoms. The minimum Gasteiger partial charge on any atom is -0.508 e. The minimum absolute atomic E-state index is 0.0107. The zero-order chi connectivity index (χ0) is 13.2. The van der Waals surface area contributed by atoms with Crippen LogP contribution >= 0.6 is 0 Å². The highest BCUT2D eigenvalue weighted by Crippen LogP contribution is 2.16. The van der Waals surface area contributed by atoms with Crippen LogP contribution in [0, 0.1) is 0 Å². The van der Waals surface area contributed by atoms with E-state index in [0.717, 1.165) is 17.8 Å². The van der Waals surface area contributed by atoms with Gasteiger partial charge >= 0.3 is 0 Å². The molecule has 0 radical (unpaired) electrons. The van der Waals surface area contributed by atoms with Gasteiger partial charge in [0, 0.05) is 24.0 Å². The fourth-order valence-electron chi connectivity index (χ4n) is 1.60. The molecule has 18 heavy (non-hydrogen) atoms. The molecule has 0 aliphatic heterocycles. The van der Waals surface area contributed by atoms with Gasteiger partial charge in [-0.2, -0.15) is 5.10 Å². The summed E-state index contributed by atoms with van der Waals surface area (Å²) in [4.78, 5) is 0. The van der Waals surface area contributed by atoms with Crippen molar-refractivity contribution in [2.75, 3.05) is 5.32 Å². The number of benzene rings is 1. The Hall–Kier alpha value is -1.97. The smallest absolute Gasteiger partial charge is 0.115 e. The van der Waals surface area contributed by atoms with Gasteiger partial charge in [0.15, 0.2) is 0 Å². The van der Waals surface area contributed by atoms with Gasteiger partial charge in [0.2, 0.25) is 0 Å². The van der Waals surface area contributed by atoms with Crippen molar-refractivity contribution >= 4 is 5.69 Å². The number of phenols is 1. The molecule has 2 N–H and O–H groups in total. The normalized spacial score (nSPS) is 11.5. The van der Waals surface area contributed by atoms with Crippen LogP contribution in [0.25, 0.3) is 0 Å². The molecule has 96 valence electrons. The first-order valence-corrected chi connectivity index (χ1v) is 6.02. The molecular weight excluding hydrogens is 226 g/mol. The van der Waals surface area contributed by atoms with Crippen LogP contribution in [0.5, 0.6) is 5.75 Å². The second kappa shape index (κ2) is 4.72. The van der Waals surface area contributed by atoms with E-state index in [0.29, 0.717) is 0 Å². The summed E-state index contributed by atoms with van der Waals surface area (Å²) in [5.74, 6) is 0.279. The van der Waals surface area contributed by atoms with E-state index >= 15 is 0 Å². The number of phenolic OH excluding ortho intramolecular Hbond substituents is 1. The molecule has 0 aliphatic carbocycles. The SMILES string of the molecule is CC(C)(C)n1cc(CNc2ccc(O)cc2)cn1. The predicted octanol–water partition coefficient (Wildman–Crippen LogP) is 2.96. The average molecular weight is 245 g/mol. The van der Waals surface area contributed by atoms with Crippen molar-refractivity contribution in [3.63, 3.8) is 0 Å². The lowest BCUT2D eigenvalue weighted by Crippen LogP contribution is -2.21. The number of anilines is 1. The summed E-state index contributed by atoms with van der Waals surface area (Å²) >= 11 is 0. The maximum Gasteiger partial charge on any atom is 0.115 e. The molecule has 2 aromatic rings. The third kappa shape index (κ3) is 3.03. The summed E-state index contributed by atoms with van der Waals surface area (Å²) < 4.78 is 1.96. The third-order valence-electron chi connectivity index (χ3n) is 2.69. The molecular formula is C14H19N3O. The molecule has 0 atom stereocenters. The van der Waals surface area contributed by atoms with E-state index in [2.05, 4.69) is 31.2 Å². The van der Waals surface area contributed by atoms with Crippen molar-refractivity contribution in [3.05, 3.63) is 42.2 Å². The molecule has 0 spiro atoms. The molecule has 0 aliphatic rings. The van der Waals surface area contributed by atoms with Crippen LogP contribution in [0.2, 0.25) is 0 Å². The van der Waals surface area contributed by atoms with Gasteiger partial charge < -0.3 is 10.4 Å². The molecule has 0 saturated heterocycles. The molecule has 0 unspecified atom stereocenters. The molecule has 0 saturated carbocycles. The summed E-state index contributed by atoms with van der Waals surface area (Å²) in [6.07, 6.45) is 3.92.